The average molecular weight is 308 g/mol. The Morgan fingerprint density at radius 1 is 1.10 bits per heavy atom. The zero-order chi connectivity index (χ0) is 14.9. The SMILES string of the molecule is CN1CCC2(CC1)CN(Cc1ccccc1)CCS2(=O)=O. The van der Waals surface area contributed by atoms with Crippen molar-refractivity contribution in [1.29, 1.82) is 0 Å². The van der Waals surface area contributed by atoms with Gasteiger partial charge in [-0.1, -0.05) is 30.3 Å². The minimum absolute atomic E-state index is 0.309. The third-order valence-corrected chi connectivity index (χ3v) is 7.57. The Kier molecular flexibility index (Phi) is 4.08. The van der Waals surface area contributed by atoms with E-state index in [0.717, 1.165) is 32.5 Å². The van der Waals surface area contributed by atoms with Gasteiger partial charge in [-0.05, 0) is 38.5 Å². The number of likely N-dealkylation sites (tertiary alicyclic amines) is 1. The molecule has 2 saturated heterocycles. The highest BCUT2D eigenvalue weighted by Gasteiger charge is 2.48. The van der Waals surface area contributed by atoms with E-state index in [1.165, 1.54) is 5.56 Å². The Hall–Kier alpha value is -0.910. The topological polar surface area (TPSA) is 40.6 Å². The molecule has 2 aliphatic heterocycles. The Balaban J connectivity index is 1.76. The summed E-state index contributed by atoms with van der Waals surface area (Å²) < 4.78 is 24.7. The molecule has 0 saturated carbocycles. The molecule has 0 atom stereocenters. The molecule has 1 spiro atoms. The minimum atomic E-state index is -2.96. The van der Waals surface area contributed by atoms with Gasteiger partial charge in [0.05, 0.1) is 10.5 Å². The Morgan fingerprint density at radius 2 is 1.76 bits per heavy atom. The summed E-state index contributed by atoms with van der Waals surface area (Å²) >= 11 is 0. The third-order valence-electron chi connectivity index (χ3n) is 5.00. The van der Waals surface area contributed by atoms with Gasteiger partial charge < -0.3 is 4.90 Å². The monoisotopic (exact) mass is 308 g/mol. The maximum Gasteiger partial charge on any atom is 0.158 e. The maximum atomic E-state index is 12.6. The predicted octanol–water partition coefficient (Wildman–Crippen LogP) is 1.38. The van der Waals surface area contributed by atoms with Crippen LogP contribution in [0.2, 0.25) is 0 Å². The molecule has 21 heavy (non-hydrogen) atoms. The molecule has 0 aliphatic carbocycles. The highest BCUT2D eigenvalue weighted by atomic mass is 32.2. The molecule has 1 aromatic rings. The zero-order valence-electron chi connectivity index (χ0n) is 12.7. The van der Waals surface area contributed by atoms with E-state index in [1.807, 2.05) is 18.2 Å². The molecule has 0 radical (unpaired) electrons. The first kappa shape index (κ1) is 15.0. The lowest BCUT2D eigenvalue weighted by molar-refractivity contribution is 0.163. The van der Waals surface area contributed by atoms with Gasteiger partial charge in [0, 0.05) is 19.6 Å². The van der Waals surface area contributed by atoms with Gasteiger partial charge in [-0.3, -0.25) is 4.90 Å². The first-order valence-electron chi connectivity index (χ1n) is 7.68. The molecule has 2 fully saturated rings. The van der Waals surface area contributed by atoms with Crippen LogP contribution in [-0.2, 0) is 16.4 Å². The van der Waals surface area contributed by atoms with Crippen LogP contribution in [-0.4, -0.2) is 61.9 Å². The fourth-order valence-corrected chi connectivity index (χ4v) is 5.64. The van der Waals surface area contributed by atoms with Crippen LogP contribution in [0.15, 0.2) is 30.3 Å². The van der Waals surface area contributed by atoms with Crippen molar-refractivity contribution in [2.24, 2.45) is 0 Å². The van der Waals surface area contributed by atoms with Crippen LogP contribution in [0.3, 0.4) is 0 Å². The standard InChI is InChI=1S/C16H24N2O2S/c1-17-9-7-16(8-10-17)14-18(11-12-21(16,19)20)13-15-5-3-2-4-6-15/h2-6H,7-14H2,1H3. The molecule has 0 unspecified atom stereocenters. The number of benzene rings is 1. The van der Waals surface area contributed by atoms with Crippen molar-refractivity contribution in [1.82, 2.24) is 9.80 Å². The summed E-state index contributed by atoms with van der Waals surface area (Å²) in [6.07, 6.45) is 1.55. The first-order chi connectivity index (χ1) is 10.0. The van der Waals surface area contributed by atoms with E-state index in [-0.39, 0.29) is 0 Å². The first-order valence-corrected chi connectivity index (χ1v) is 9.33. The van der Waals surface area contributed by atoms with Gasteiger partial charge in [-0.15, -0.1) is 0 Å². The number of sulfone groups is 1. The quantitative estimate of drug-likeness (QED) is 0.828. The van der Waals surface area contributed by atoms with Crippen LogP contribution in [0.4, 0.5) is 0 Å². The molecule has 0 amide bonds. The van der Waals surface area contributed by atoms with E-state index in [2.05, 4.69) is 29.0 Å². The lowest BCUT2D eigenvalue weighted by Crippen LogP contribution is -2.59. The number of rotatable bonds is 2. The molecule has 4 nitrogen and oxygen atoms in total. The number of nitrogens with zero attached hydrogens (tertiary/aromatic N) is 2. The van der Waals surface area contributed by atoms with E-state index in [0.29, 0.717) is 18.8 Å². The normalized spacial score (nSPS) is 26.0. The second-order valence-corrected chi connectivity index (χ2v) is 9.01. The van der Waals surface area contributed by atoms with Crippen LogP contribution in [0.25, 0.3) is 0 Å². The van der Waals surface area contributed by atoms with Crippen LogP contribution in [0.5, 0.6) is 0 Å². The molecule has 2 heterocycles. The molecule has 116 valence electrons. The van der Waals surface area contributed by atoms with Crippen molar-refractivity contribution in [3.8, 4) is 0 Å². The maximum absolute atomic E-state index is 12.6. The molecule has 0 bridgehead atoms. The lowest BCUT2D eigenvalue weighted by Gasteiger charge is -2.46. The summed E-state index contributed by atoms with van der Waals surface area (Å²) in [7, 11) is -0.890. The van der Waals surface area contributed by atoms with E-state index < -0.39 is 14.6 Å². The van der Waals surface area contributed by atoms with E-state index in [1.54, 1.807) is 0 Å². The molecule has 2 aliphatic rings. The van der Waals surface area contributed by atoms with Crippen LogP contribution in [0.1, 0.15) is 18.4 Å². The number of hydrogen-bond donors (Lipinski definition) is 0. The van der Waals surface area contributed by atoms with Gasteiger partial charge in [-0.25, -0.2) is 8.42 Å². The summed E-state index contributed by atoms with van der Waals surface area (Å²) in [6, 6.07) is 10.3. The van der Waals surface area contributed by atoms with Crippen LogP contribution in [0, 0.1) is 0 Å². The highest BCUT2D eigenvalue weighted by molar-refractivity contribution is 7.92. The molecule has 0 aromatic heterocycles. The predicted molar refractivity (Wildman–Crippen MR) is 85.0 cm³/mol. The van der Waals surface area contributed by atoms with Gasteiger partial charge in [0.15, 0.2) is 9.84 Å². The summed E-state index contributed by atoms with van der Waals surface area (Å²) in [4.78, 5) is 4.55. The van der Waals surface area contributed by atoms with Crippen molar-refractivity contribution < 1.29 is 8.42 Å². The van der Waals surface area contributed by atoms with E-state index in [4.69, 9.17) is 0 Å². The molecular formula is C16H24N2O2S. The van der Waals surface area contributed by atoms with Crippen molar-refractivity contribution in [2.75, 3.05) is 39.0 Å². The number of hydrogen-bond acceptors (Lipinski definition) is 4. The summed E-state index contributed by atoms with van der Waals surface area (Å²) in [5.41, 5.74) is 1.26. The molecule has 5 heteroatoms. The van der Waals surface area contributed by atoms with Crippen molar-refractivity contribution in [3.63, 3.8) is 0 Å². The third kappa shape index (κ3) is 3.00. The van der Waals surface area contributed by atoms with E-state index >= 15 is 0 Å². The minimum Gasteiger partial charge on any atom is -0.306 e. The van der Waals surface area contributed by atoms with Gasteiger partial charge in [0.25, 0.3) is 0 Å². The van der Waals surface area contributed by atoms with Gasteiger partial charge in [0.2, 0.25) is 0 Å². The van der Waals surface area contributed by atoms with Gasteiger partial charge >= 0.3 is 0 Å². The second kappa shape index (κ2) is 5.71. The highest BCUT2D eigenvalue weighted by Crippen LogP contribution is 2.35. The number of piperidine rings is 1. The largest absolute Gasteiger partial charge is 0.306 e. The molecule has 3 rings (SSSR count). The van der Waals surface area contributed by atoms with Crippen LogP contribution >= 0.6 is 0 Å². The Morgan fingerprint density at radius 3 is 2.43 bits per heavy atom. The van der Waals surface area contributed by atoms with Crippen LogP contribution < -0.4 is 0 Å². The Labute approximate surface area is 127 Å². The molecule has 1 aromatic carbocycles. The lowest BCUT2D eigenvalue weighted by atomic mass is 9.94. The molecular weight excluding hydrogens is 284 g/mol. The molecule has 0 N–H and O–H groups in total. The Bertz CT molecular complexity index is 578. The summed E-state index contributed by atoms with van der Waals surface area (Å²) in [6.45, 7) is 3.98. The van der Waals surface area contributed by atoms with Gasteiger partial charge in [-0.2, -0.15) is 0 Å². The summed E-state index contributed by atoms with van der Waals surface area (Å²) in [5, 5.41) is 0. The van der Waals surface area contributed by atoms with Crippen molar-refractivity contribution >= 4 is 9.84 Å². The van der Waals surface area contributed by atoms with Crippen molar-refractivity contribution in [2.45, 2.75) is 24.1 Å². The van der Waals surface area contributed by atoms with E-state index in [9.17, 15) is 8.42 Å². The zero-order valence-corrected chi connectivity index (χ0v) is 13.5. The van der Waals surface area contributed by atoms with Gasteiger partial charge in [0.1, 0.15) is 0 Å². The van der Waals surface area contributed by atoms with Crippen molar-refractivity contribution in [3.05, 3.63) is 35.9 Å². The fourth-order valence-electron chi connectivity index (χ4n) is 3.52. The second-order valence-electron chi connectivity index (χ2n) is 6.50. The average Bonchev–Trinajstić information content (AvgIpc) is 2.47. The fraction of sp³-hybridized carbons (Fsp3) is 0.625. The summed E-state index contributed by atoms with van der Waals surface area (Å²) in [5.74, 6) is 0.309. The smallest absolute Gasteiger partial charge is 0.158 e.